The van der Waals surface area contributed by atoms with Crippen LogP contribution in [0.25, 0.3) is 0 Å². The molecular formula is C58H60N4O14. The maximum atomic E-state index is 14.8. The Bertz CT molecular complexity index is 2860. The van der Waals surface area contributed by atoms with Gasteiger partial charge in [0.25, 0.3) is 11.8 Å². The molecule has 0 bridgehead atoms. The molecule has 6 aromatic rings. The molecule has 18 heteroatoms. The van der Waals surface area contributed by atoms with Gasteiger partial charge in [-0.2, -0.15) is 0 Å². The average Bonchev–Trinajstić information content (AvgIpc) is 3.38. The first-order valence-corrected chi connectivity index (χ1v) is 24.1. The van der Waals surface area contributed by atoms with Crippen LogP contribution in [0.3, 0.4) is 0 Å². The van der Waals surface area contributed by atoms with Crippen molar-refractivity contribution in [1.82, 2.24) is 10.6 Å². The fourth-order valence-corrected chi connectivity index (χ4v) is 9.11. The fraction of sp³-hybridized carbons (Fsp3) is 0.276. The second kappa shape index (κ2) is 22.6. The van der Waals surface area contributed by atoms with Crippen molar-refractivity contribution >= 4 is 47.3 Å². The molecule has 18 nitrogen and oxygen atoms in total. The minimum absolute atomic E-state index is 0.00848. The van der Waals surface area contributed by atoms with Crippen LogP contribution in [0, 0.1) is 0 Å². The van der Waals surface area contributed by atoms with Gasteiger partial charge >= 0.3 is 24.1 Å². The Kier molecular flexibility index (Phi) is 16.3. The number of benzene rings is 6. The number of amides is 4. The number of carbonyl (C=O) groups excluding carboxylic acids is 4. The molecule has 6 aromatic carbocycles. The lowest BCUT2D eigenvalue weighted by Gasteiger charge is -2.64. The van der Waals surface area contributed by atoms with E-state index in [1.165, 1.54) is 99.1 Å². The summed E-state index contributed by atoms with van der Waals surface area (Å²) in [6, 6.07) is 38.2. The molecule has 1 aliphatic carbocycles. The van der Waals surface area contributed by atoms with Gasteiger partial charge in [0.05, 0.1) is 26.1 Å². The Labute approximate surface area is 439 Å². The minimum Gasteiger partial charge on any atom is -0.493 e. The molecule has 396 valence electrons. The van der Waals surface area contributed by atoms with Gasteiger partial charge < -0.3 is 49.3 Å². The van der Waals surface area contributed by atoms with E-state index < -0.39 is 70.1 Å². The van der Waals surface area contributed by atoms with Crippen molar-refractivity contribution < 1.29 is 67.4 Å². The Balaban J connectivity index is 1.38. The molecule has 0 aliphatic heterocycles. The summed E-state index contributed by atoms with van der Waals surface area (Å²) in [5.74, 6) is -8.34. The first-order valence-electron chi connectivity index (χ1n) is 24.1. The Morgan fingerprint density at radius 1 is 0.474 bits per heavy atom. The van der Waals surface area contributed by atoms with E-state index in [-0.39, 0.29) is 69.8 Å². The van der Waals surface area contributed by atoms with Crippen LogP contribution >= 0.6 is 0 Å². The van der Waals surface area contributed by atoms with Crippen LogP contribution in [0.1, 0.15) is 96.3 Å². The van der Waals surface area contributed by atoms with Gasteiger partial charge in [-0.3, -0.25) is 20.2 Å². The predicted octanol–water partition coefficient (Wildman–Crippen LogP) is 9.94. The van der Waals surface area contributed by atoms with Gasteiger partial charge in [0.2, 0.25) is 0 Å². The van der Waals surface area contributed by atoms with E-state index in [4.69, 9.17) is 28.4 Å². The smallest absolute Gasteiger partial charge is 0.412 e. The molecule has 0 radical (unpaired) electrons. The summed E-state index contributed by atoms with van der Waals surface area (Å²) in [7, 11) is 2.71. The maximum Gasteiger partial charge on any atom is 0.412 e. The summed E-state index contributed by atoms with van der Waals surface area (Å²) in [4.78, 5) is 84.0. The third kappa shape index (κ3) is 12.3. The van der Waals surface area contributed by atoms with Crippen LogP contribution < -0.4 is 40.2 Å². The molecule has 0 atom stereocenters. The van der Waals surface area contributed by atoms with Gasteiger partial charge in [-0.1, -0.05) is 72.8 Å². The lowest BCUT2D eigenvalue weighted by Crippen LogP contribution is -2.86. The summed E-state index contributed by atoms with van der Waals surface area (Å²) in [5.41, 5.74) is -4.83. The maximum absolute atomic E-state index is 14.8. The van der Waals surface area contributed by atoms with Crippen LogP contribution in [0.2, 0.25) is 0 Å². The third-order valence-corrected chi connectivity index (χ3v) is 12.3. The molecule has 1 saturated carbocycles. The van der Waals surface area contributed by atoms with Gasteiger partial charge in [-0.15, -0.1) is 0 Å². The van der Waals surface area contributed by atoms with Crippen LogP contribution in [-0.2, 0) is 32.3 Å². The van der Waals surface area contributed by atoms with Gasteiger partial charge in [0.1, 0.15) is 24.4 Å². The second-order valence-electron chi connectivity index (χ2n) is 19.9. The van der Waals surface area contributed by atoms with Crippen molar-refractivity contribution in [3.63, 3.8) is 0 Å². The van der Waals surface area contributed by atoms with Crippen LogP contribution in [0.15, 0.2) is 146 Å². The van der Waals surface area contributed by atoms with E-state index in [0.29, 0.717) is 0 Å². The molecule has 0 aromatic heterocycles. The largest absolute Gasteiger partial charge is 0.493 e. The van der Waals surface area contributed by atoms with E-state index in [9.17, 15) is 39.0 Å². The van der Waals surface area contributed by atoms with Crippen LogP contribution in [0.5, 0.6) is 23.0 Å². The minimum atomic E-state index is -2.62. The van der Waals surface area contributed by atoms with E-state index in [1.807, 2.05) is 60.7 Å². The van der Waals surface area contributed by atoms with Crippen molar-refractivity contribution in [2.24, 2.45) is 0 Å². The van der Waals surface area contributed by atoms with Crippen LogP contribution in [-0.4, -0.2) is 82.7 Å². The van der Waals surface area contributed by atoms with E-state index in [0.717, 1.165) is 11.1 Å². The molecule has 0 spiro atoms. The fourth-order valence-electron chi connectivity index (χ4n) is 9.11. The topological polar surface area (TPSA) is 246 Å². The standard InChI is InChI=1S/C58H60N4O14/c1-55(2,3)75-53(69)59-41-25-19-37(20-26-41)49(63)61-57(51(65)66)47(39-23-29-43(45(31-39)71-7)73-33-35-15-11-9-12-16-35)58(52(67)68,62-50(64)38-21-27-42(28-22-38)60-54(70)76-56(4,5)6)48(57)40-24-30-44(46(32-40)72-8)74-34-36-17-13-10-14-18-36/h9-32,47-48H,33-34H2,1-8H3,(H,59,69)(H,60,70)(H,61,63)(H,62,64)(H,65,66)(H,67,68). The molecule has 1 fully saturated rings. The summed E-state index contributed by atoms with van der Waals surface area (Å²) >= 11 is 0. The van der Waals surface area contributed by atoms with E-state index >= 15 is 0 Å². The summed E-state index contributed by atoms with van der Waals surface area (Å²) < 4.78 is 34.6. The molecule has 4 amide bonds. The first-order chi connectivity index (χ1) is 36.1. The van der Waals surface area contributed by atoms with Gasteiger partial charge in [0, 0.05) is 22.5 Å². The van der Waals surface area contributed by atoms with Gasteiger partial charge in [-0.25, -0.2) is 19.2 Å². The number of aliphatic carboxylic acids is 2. The quantitative estimate of drug-likeness (QED) is 0.0469. The molecule has 0 unspecified atom stereocenters. The number of methoxy groups -OCH3 is 2. The summed E-state index contributed by atoms with van der Waals surface area (Å²) in [6.45, 7) is 10.4. The van der Waals surface area contributed by atoms with Crippen molar-refractivity contribution in [3.8, 4) is 23.0 Å². The Morgan fingerprint density at radius 2 is 0.816 bits per heavy atom. The monoisotopic (exact) mass is 1040 g/mol. The first kappa shape index (κ1) is 54.7. The molecule has 1 aliphatic rings. The highest BCUT2D eigenvalue weighted by Gasteiger charge is 2.80. The molecule has 7 rings (SSSR count). The number of hydrogen-bond donors (Lipinski definition) is 6. The van der Waals surface area contributed by atoms with Crippen molar-refractivity contribution in [1.29, 1.82) is 0 Å². The lowest BCUT2D eigenvalue weighted by molar-refractivity contribution is -0.171. The zero-order chi connectivity index (χ0) is 55.0. The number of hydrogen-bond acceptors (Lipinski definition) is 12. The van der Waals surface area contributed by atoms with Crippen molar-refractivity contribution in [2.45, 2.75) is 88.9 Å². The highest BCUT2D eigenvalue weighted by Crippen LogP contribution is 2.64. The molecule has 76 heavy (non-hydrogen) atoms. The van der Waals surface area contributed by atoms with Crippen molar-refractivity contribution in [2.75, 3.05) is 24.9 Å². The number of ether oxygens (including phenoxy) is 6. The predicted molar refractivity (Wildman–Crippen MR) is 281 cm³/mol. The van der Waals surface area contributed by atoms with E-state index in [2.05, 4.69) is 21.3 Å². The number of carboxylic acid groups (broad SMARTS) is 2. The zero-order valence-electron chi connectivity index (χ0n) is 43.2. The molecule has 6 N–H and O–H groups in total. The van der Waals surface area contributed by atoms with Gasteiger partial charge in [-0.05, 0) is 137 Å². The van der Waals surface area contributed by atoms with Crippen molar-refractivity contribution in [3.05, 3.63) is 179 Å². The number of carboxylic acids is 2. The highest BCUT2D eigenvalue weighted by molar-refractivity contribution is 6.06. The average molecular weight is 1040 g/mol. The molecule has 0 heterocycles. The zero-order valence-corrected chi connectivity index (χ0v) is 43.2. The third-order valence-electron chi connectivity index (χ3n) is 12.3. The Hall–Kier alpha value is -9.06. The second-order valence-corrected chi connectivity index (χ2v) is 19.9. The number of rotatable bonds is 18. The van der Waals surface area contributed by atoms with Gasteiger partial charge in [0.15, 0.2) is 34.1 Å². The normalized spacial score (nSPS) is 17.8. The number of nitrogens with one attached hydrogen (secondary N) is 4. The van der Waals surface area contributed by atoms with Crippen LogP contribution in [0.4, 0.5) is 21.0 Å². The SMILES string of the molecule is COc1cc(C2C(NC(=O)c3ccc(NC(=O)OC(C)(C)C)cc3)(C(=O)O)C(c3ccc(OCc4ccccc4)c(OC)c3)C2(NC(=O)c2ccc(NC(=O)OC(C)(C)C)cc2)C(=O)O)ccc1OCc1ccccc1. The summed E-state index contributed by atoms with van der Waals surface area (Å²) in [5, 5.41) is 34.4. The highest BCUT2D eigenvalue weighted by atomic mass is 16.6. The Morgan fingerprint density at radius 3 is 1.12 bits per heavy atom. The molecule has 0 saturated heterocycles. The number of anilines is 2. The van der Waals surface area contributed by atoms with E-state index in [1.54, 1.807) is 41.5 Å². The number of carbonyl (C=O) groups is 6. The summed E-state index contributed by atoms with van der Waals surface area (Å²) in [6.07, 6.45) is -1.51. The molecular weight excluding hydrogens is 977 g/mol. The lowest BCUT2D eigenvalue weighted by atomic mass is 9.43.